The van der Waals surface area contributed by atoms with Crippen LogP contribution < -0.4 is 5.32 Å². The third kappa shape index (κ3) is 3.35. The van der Waals surface area contributed by atoms with Crippen molar-refractivity contribution in [2.24, 2.45) is 0 Å². The molecule has 18 heavy (non-hydrogen) atoms. The molecule has 0 spiro atoms. The first-order chi connectivity index (χ1) is 8.63. The predicted molar refractivity (Wildman–Crippen MR) is 68.3 cm³/mol. The van der Waals surface area contributed by atoms with Gasteiger partial charge in [-0.15, -0.1) is 0 Å². The lowest BCUT2D eigenvalue weighted by Gasteiger charge is -2.05. The number of phenols is 1. The zero-order valence-electron chi connectivity index (χ0n) is 10.1. The summed E-state index contributed by atoms with van der Waals surface area (Å²) in [7, 11) is 0. The Labute approximate surface area is 105 Å². The van der Waals surface area contributed by atoms with E-state index in [0.717, 1.165) is 5.56 Å². The van der Waals surface area contributed by atoms with Gasteiger partial charge in [0.05, 0.1) is 6.20 Å². The Bertz CT molecular complexity index is 549. The first-order valence-corrected chi connectivity index (χ1v) is 5.71. The van der Waals surface area contributed by atoms with Crippen LogP contribution in [0.4, 0.5) is 5.69 Å². The second kappa shape index (κ2) is 5.35. The first kappa shape index (κ1) is 12.2. The molecule has 0 unspecified atom stereocenters. The van der Waals surface area contributed by atoms with E-state index in [-0.39, 0.29) is 11.7 Å². The van der Waals surface area contributed by atoms with Crippen molar-refractivity contribution in [2.75, 3.05) is 5.32 Å². The zero-order valence-corrected chi connectivity index (χ0v) is 10.1. The maximum atomic E-state index is 11.7. The summed E-state index contributed by atoms with van der Waals surface area (Å²) >= 11 is 0. The van der Waals surface area contributed by atoms with Crippen LogP contribution in [0.25, 0.3) is 0 Å². The molecule has 0 aliphatic heterocycles. The van der Waals surface area contributed by atoms with Crippen LogP contribution in [0.1, 0.15) is 12.0 Å². The fraction of sp³-hybridized carbons (Fsp3) is 0.231. The van der Waals surface area contributed by atoms with E-state index in [4.69, 9.17) is 0 Å². The van der Waals surface area contributed by atoms with Crippen molar-refractivity contribution in [3.05, 3.63) is 42.2 Å². The van der Waals surface area contributed by atoms with Gasteiger partial charge >= 0.3 is 0 Å². The van der Waals surface area contributed by atoms with Crippen LogP contribution in [-0.4, -0.2) is 20.8 Å². The van der Waals surface area contributed by atoms with Gasteiger partial charge in [-0.1, -0.05) is 6.07 Å². The summed E-state index contributed by atoms with van der Waals surface area (Å²) in [5, 5.41) is 16.1. The third-order valence-corrected chi connectivity index (χ3v) is 2.46. The van der Waals surface area contributed by atoms with Gasteiger partial charge < -0.3 is 10.4 Å². The van der Waals surface area contributed by atoms with E-state index in [1.54, 1.807) is 29.1 Å². The van der Waals surface area contributed by atoms with Crippen molar-refractivity contribution in [3.8, 4) is 5.75 Å². The van der Waals surface area contributed by atoms with E-state index in [1.807, 2.05) is 13.1 Å². The number of rotatable bonds is 4. The molecule has 0 saturated heterocycles. The Morgan fingerprint density at radius 2 is 2.33 bits per heavy atom. The summed E-state index contributed by atoms with van der Waals surface area (Å²) in [4.78, 5) is 11.7. The van der Waals surface area contributed by atoms with Gasteiger partial charge in [0, 0.05) is 30.9 Å². The predicted octanol–water partition coefficient (Wildman–Crippen LogP) is 1.93. The average Bonchev–Trinajstić information content (AvgIpc) is 2.73. The topological polar surface area (TPSA) is 67.2 Å². The fourth-order valence-electron chi connectivity index (χ4n) is 1.61. The number of carbonyl (C=O) groups is 1. The van der Waals surface area contributed by atoms with Crippen LogP contribution >= 0.6 is 0 Å². The van der Waals surface area contributed by atoms with Crippen molar-refractivity contribution in [2.45, 2.75) is 19.9 Å². The molecule has 2 rings (SSSR count). The van der Waals surface area contributed by atoms with Crippen LogP contribution in [0.2, 0.25) is 0 Å². The van der Waals surface area contributed by atoms with Gasteiger partial charge in [0.1, 0.15) is 5.75 Å². The molecule has 1 amide bonds. The Morgan fingerprint density at radius 1 is 1.50 bits per heavy atom. The lowest BCUT2D eigenvalue weighted by atomic mass is 10.3. The molecule has 94 valence electrons. The van der Waals surface area contributed by atoms with Crippen LogP contribution in [0.5, 0.6) is 5.75 Å². The number of carbonyl (C=O) groups excluding carboxylic acids is 1. The van der Waals surface area contributed by atoms with E-state index in [1.165, 1.54) is 6.07 Å². The molecule has 0 saturated carbocycles. The largest absolute Gasteiger partial charge is 0.508 e. The molecule has 0 fully saturated rings. The van der Waals surface area contributed by atoms with Crippen LogP contribution in [0.15, 0.2) is 36.7 Å². The van der Waals surface area contributed by atoms with E-state index >= 15 is 0 Å². The number of phenolic OH excluding ortho intramolecular Hbond substituents is 1. The maximum Gasteiger partial charge on any atom is 0.226 e. The maximum absolute atomic E-state index is 11.7. The van der Waals surface area contributed by atoms with Gasteiger partial charge in [-0.3, -0.25) is 9.48 Å². The quantitative estimate of drug-likeness (QED) is 0.864. The highest BCUT2D eigenvalue weighted by Gasteiger charge is 2.04. The monoisotopic (exact) mass is 245 g/mol. The smallest absolute Gasteiger partial charge is 0.226 e. The zero-order chi connectivity index (χ0) is 13.0. The van der Waals surface area contributed by atoms with Crippen molar-refractivity contribution < 1.29 is 9.90 Å². The number of amides is 1. The van der Waals surface area contributed by atoms with Gasteiger partial charge in [-0.25, -0.2) is 0 Å². The first-order valence-electron chi connectivity index (χ1n) is 5.71. The van der Waals surface area contributed by atoms with Crippen molar-refractivity contribution in [3.63, 3.8) is 0 Å². The molecule has 0 aliphatic rings. The fourth-order valence-corrected chi connectivity index (χ4v) is 1.61. The van der Waals surface area contributed by atoms with Gasteiger partial charge in [-0.05, 0) is 24.6 Å². The summed E-state index contributed by atoms with van der Waals surface area (Å²) in [6.45, 7) is 2.49. The SMILES string of the molecule is Cc1cnn(CCC(=O)Nc2cccc(O)c2)c1. The molecule has 1 heterocycles. The highest BCUT2D eigenvalue weighted by molar-refractivity contribution is 5.90. The lowest BCUT2D eigenvalue weighted by Crippen LogP contribution is -2.14. The van der Waals surface area contributed by atoms with Crippen LogP contribution in [0.3, 0.4) is 0 Å². The highest BCUT2D eigenvalue weighted by Crippen LogP contribution is 2.15. The van der Waals surface area contributed by atoms with Gasteiger partial charge in [0.25, 0.3) is 0 Å². The minimum atomic E-state index is -0.103. The van der Waals surface area contributed by atoms with Crippen molar-refractivity contribution >= 4 is 11.6 Å². The Balaban J connectivity index is 1.85. The Morgan fingerprint density at radius 3 is 3.00 bits per heavy atom. The van der Waals surface area contributed by atoms with E-state index < -0.39 is 0 Å². The molecule has 0 radical (unpaired) electrons. The number of anilines is 1. The number of aromatic nitrogens is 2. The third-order valence-electron chi connectivity index (χ3n) is 2.46. The summed E-state index contributed by atoms with van der Waals surface area (Å²) in [5.74, 6) is 0.0317. The standard InChI is InChI=1S/C13H15N3O2/c1-10-8-14-16(9-10)6-5-13(18)15-11-3-2-4-12(17)7-11/h2-4,7-9,17H,5-6H2,1H3,(H,15,18). The molecule has 1 aromatic carbocycles. The van der Waals surface area contributed by atoms with Crippen molar-refractivity contribution in [1.82, 2.24) is 9.78 Å². The number of nitrogens with one attached hydrogen (secondary N) is 1. The Hall–Kier alpha value is -2.30. The summed E-state index contributed by atoms with van der Waals surface area (Å²) in [5.41, 5.74) is 1.67. The normalized spacial score (nSPS) is 10.3. The molecule has 2 N–H and O–H groups in total. The van der Waals surface area contributed by atoms with E-state index in [0.29, 0.717) is 18.7 Å². The molecular weight excluding hydrogens is 230 g/mol. The minimum absolute atomic E-state index is 0.103. The van der Waals surface area contributed by atoms with Gasteiger partial charge in [0.15, 0.2) is 0 Å². The van der Waals surface area contributed by atoms with Gasteiger partial charge in [0.2, 0.25) is 5.91 Å². The lowest BCUT2D eigenvalue weighted by molar-refractivity contribution is -0.116. The second-order valence-corrected chi connectivity index (χ2v) is 4.13. The van der Waals surface area contributed by atoms with Crippen LogP contribution in [-0.2, 0) is 11.3 Å². The minimum Gasteiger partial charge on any atom is -0.508 e. The molecule has 0 atom stereocenters. The summed E-state index contributed by atoms with van der Waals surface area (Å²) in [6.07, 6.45) is 3.99. The number of benzene rings is 1. The summed E-state index contributed by atoms with van der Waals surface area (Å²) < 4.78 is 1.73. The molecule has 5 nitrogen and oxygen atoms in total. The number of hydrogen-bond donors (Lipinski definition) is 2. The number of nitrogens with zero attached hydrogens (tertiary/aromatic N) is 2. The summed E-state index contributed by atoms with van der Waals surface area (Å²) in [6, 6.07) is 6.48. The van der Waals surface area contributed by atoms with Gasteiger partial charge in [-0.2, -0.15) is 5.10 Å². The molecule has 5 heteroatoms. The molecule has 0 bridgehead atoms. The number of aromatic hydroxyl groups is 1. The molecule has 0 aliphatic carbocycles. The highest BCUT2D eigenvalue weighted by atomic mass is 16.3. The average molecular weight is 245 g/mol. The molecule has 1 aromatic heterocycles. The number of aryl methyl sites for hydroxylation is 2. The molecular formula is C13H15N3O2. The van der Waals surface area contributed by atoms with E-state index in [2.05, 4.69) is 10.4 Å². The van der Waals surface area contributed by atoms with Crippen LogP contribution in [0, 0.1) is 6.92 Å². The van der Waals surface area contributed by atoms with E-state index in [9.17, 15) is 9.90 Å². The number of hydrogen-bond acceptors (Lipinski definition) is 3. The van der Waals surface area contributed by atoms with Crippen molar-refractivity contribution in [1.29, 1.82) is 0 Å². The Kier molecular flexibility index (Phi) is 3.62. The molecule has 2 aromatic rings. The second-order valence-electron chi connectivity index (χ2n) is 4.13.